The molecule has 35 heavy (non-hydrogen) atoms. The lowest BCUT2D eigenvalue weighted by atomic mass is 10.2. The highest BCUT2D eigenvalue weighted by Crippen LogP contribution is 2.37. The Kier molecular flexibility index (Phi) is 7.97. The molecule has 0 aliphatic carbocycles. The van der Waals surface area contributed by atoms with Gasteiger partial charge in [0.1, 0.15) is 0 Å². The maximum atomic E-state index is 12.9. The van der Waals surface area contributed by atoms with Gasteiger partial charge in [-0.3, -0.25) is 14.5 Å². The molecule has 3 aromatic carbocycles. The molecule has 3 aromatic rings. The molecule has 6 nitrogen and oxygen atoms in total. The van der Waals surface area contributed by atoms with E-state index in [1.807, 2.05) is 30.3 Å². The van der Waals surface area contributed by atoms with Crippen molar-refractivity contribution in [3.05, 3.63) is 87.2 Å². The number of hydrogen-bond donors (Lipinski definition) is 1. The van der Waals surface area contributed by atoms with Gasteiger partial charge >= 0.3 is 0 Å². The molecule has 1 N–H and O–H groups in total. The molecule has 0 aromatic heterocycles. The van der Waals surface area contributed by atoms with Crippen LogP contribution in [0.15, 0.2) is 71.6 Å². The van der Waals surface area contributed by atoms with Gasteiger partial charge < -0.3 is 14.8 Å². The van der Waals surface area contributed by atoms with Gasteiger partial charge in [-0.2, -0.15) is 0 Å². The van der Waals surface area contributed by atoms with Crippen molar-refractivity contribution in [2.45, 2.75) is 0 Å². The lowest BCUT2D eigenvalue weighted by Gasteiger charge is -2.14. The second-order valence-corrected chi connectivity index (χ2v) is 9.72. The zero-order valence-electron chi connectivity index (χ0n) is 18.3. The molecule has 4 rings (SSSR count). The summed E-state index contributed by atoms with van der Waals surface area (Å²) < 4.78 is 11.5. The number of halogens is 2. The van der Waals surface area contributed by atoms with Crippen molar-refractivity contribution in [3.8, 4) is 11.5 Å². The number of para-hydroxylation sites is 1. The zero-order chi connectivity index (χ0) is 24.9. The second-order valence-electron chi connectivity index (χ2n) is 7.23. The van der Waals surface area contributed by atoms with Crippen LogP contribution < -0.4 is 19.7 Å². The average molecular weight is 545 g/mol. The van der Waals surface area contributed by atoms with Crippen molar-refractivity contribution >= 4 is 80.8 Å². The molecule has 0 unspecified atom stereocenters. The Morgan fingerprint density at radius 2 is 1.83 bits per heavy atom. The summed E-state index contributed by atoms with van der Waals surface area (Å²) in [6, 6.07) is 19.2. The first kappa shape index (κ1) is 25.1. The molecule has 0 spiro atoms. The van der Waals surface area contributed by atoms with Gasteiger partial charge in [-0.25, -0.2) is 0 Å². The molecular weight excluding hydrogens is 527 g/mol. The topological polar surface area (TPSA) is 67.9 Å². The molecule has 1 aliphatic heterocycles. The van der Waals surface area contributed by atoms with Crippen LogP contribution in [0.3, 0.4) is 0 Å². The van der Waals surface area contributed by atoms with Crippen molar-refractivity contribution < 1.29 is 19.1 Å². The Hall–Kier alpha value is -3.04. The average Bonchev–Trinajstić information content (AvgIpc) is 3.13. The maximum Gasteiger partial charge on any atom is 0.270 e. The van der Waals surface area contributed by atoms with Gasteiger partial charge in [-0.05, 0) is 54.1 Å². The fourth-order valence-corrected chi connectivity index (χ4v) is 4.82. The Morgan fingerprint density at radius 1 is 1.06 bits per heavy atom. The predicted octanol–water partition coefficient (Wildman–Crippen LogP) is 6.43. The summed E-state index contributed by atoms with van der Waals surface area (Å²) in [6.45, 7) is -0.244. The summed E-state index contributed by atoms with van der Waals surface area (Å²) in [5.41, 5.74) is 1.95. The number of ether oxygens (including phenoxy) is 2. The number of carbonyl (C=O) groups excluding carboxylic acids is 2. The number of rotatable bonds is 7. The quantitative estimate of drug-likeness (QED) is 0.273. The van der Waals surface area contributed by atoms with Crippen LogP contribution in [0, 0.1) is 0 Å². The fourth-order valence-electron chi connectivity index (χ4n) is 3.23. The number of nitrogens with one attached hydrogen (secondary N) is 1. The minimum absolute atomic E-state index is 0.190. The van der Waals surface area contributed by atoms with Gasteiger partial charge in [0.15, 0.2) is 22.4 Å². The van der Waals surface area contributed by atoms with Crippen molar-refractivity contribution in [2.75, 3.05) is 23.9 Å². The van der Waals surface area contributed by atoms with E-state index in [-0.39, 0.29) is 18.4 Å². The third-order valence-electron chi connectivity index (χ3n) is 4.86. The number of benzene rings is 3. The largest absolute Gasteiger partial charge is 0.493 e. The van der Waals surface area contributed by atoms with Crippen molar-refractivity contribution in [3.63, 3.8) is 0 Å². The molecule has 1 aliphatic rings. The van der Waals surface area contributed by atoms with E-state index < -0.39 is 0 Å². The van der Waals surface area contributed by atoms with Crippen LogP contribution >= 0.6 is 47.2 Å². The third-order valence-corrected chi connectivity index (χ3v) is 6.90. The lowest BCUT2D eigenvalue weighted by molar-refractivity contribution is -0.118. The number of methoxy groups -OCH3 is 1. The maximum absolute atomic E-state index is 12.9. The van der Waals surface area contributed by atoms with Gasteiger partial charge in [-0.1, -0.05) is 71.4 Å². The van der Waals surface area contributed by atoms with Crippen LogP contribution in [0.5, 0.6) is 11.5 Å². The van der Waals surface area contributed by atoms with Gasteiger partial charge in [0.25, 0.3) is 11.8 Å². The summed E-state index contributed by atoms with van der Waals surface area (Å²) in [7, 11) is 1.50. The van der Waals surface area contributed by atoms with E-state index in [0.717, 1.165) is 11.3 Å². The normalized spacial score (nSPS) is 14.4. The van der Waals surface area contributed by atoms with Gasteiger partial charge in [-0.15, -0.1) is 0 Å². The molecule has 178 valence electrons. The number of thioether (sulfide) groups is 1. The van der Waals surface area contributed by atoms with Crippen LogP contribution in [0.1, 0.15) is 5.56 Å². The highest BCUT2D eigenvalue weighted by atomic mass is 35.5. The van der Waals surface area contributed by atoms with E-state index in [1.165, 1.54) is 23.8 Å². The molecule has 0 atom stereocenters. The van der Waals surface area contributed by atoms with Crippen LogP contribution in [-0.2, 0) is 9.59 Å². The Morgan fingerprint density at radius 3 is 2.54 bits per heavy atom. The molecule has 1 saturated heterocycles. The SMILES string of the molecule is COc1cc(/C=C2\SC(=S)N(c3ccccc3)C2=O)ccc1OCC(=O)Nc1ccc(Cl)c(Cl)c1. The molecule has 2 amide bonds. The Balaban J connectivity index is 1.44. The number of thiocarbonyl (C=S) groups is 1. The molecule has 0 radical (unpaired) electrons. The fraction of sp³-hybridized carbons (Fsp3) is 0.0800. The number of nitrogens with zero attached hydrogens (tertiary/aromatic N) is 1. The third kappa shape index (κ3) is 5.97. The summed E-state index contributed by atoms with van der Waals surface area (Å²) in [5, 5.41) is 3.42. The number of carbonyl (C=O) groups is 2. The Bertz CT molecular complexity index is 1330. The first-order valence-electron chi connectivity index (χ1n) is 10.2. The zero-order valence-corrected chi connectivity index (χ0v) is 21.4. The second kappa shape index (κ2) is 11.1. The standard InChI is InChI=1S/C25H18Cl2N2O4S2/c1-32-21-11-15(12-22-24(31)29(25(34)35-22)17-5-3-2-4-6-17)7-10-20(21)33-14-23(30)28-16-8-9-18(26)19(27)13-16/h2-13H,14H2,1H3,(H,28,30)/b22-12-. The minimum atomic E-state index is -0.376. The van der Waals surface area contributed by atoms with E-state index in [9.17, 15) is 9.59 Å². The summed E-state index contributed by atoms with van der Waals surface area (Å²) in [4.78, 5) is 27.2. The number of hydrogen-bond acceptors (Lipinski definition) is 6. The summed E-state index contributed by atoms with van der Waals surface area (Å²) >= 11 is 18.5. The molecule has 1 heterocycles. The van der Waals surface area contributed by atoms with Gasteiger partial charge in [0, 0.05) is 5.69 Å². The molecule has 1 fully saturated rings. The van der Waals surface area contributed by atoms with Crippen LogP contribution in [0.4, 0.5) is 11.4 Å². The molecule has 0 saturated carbocycles. The van der Waals surface area contributed by atoms with Crippen LogP contribution in [0.2, 0.25) is 10.0 Å². The van der Waals surface area contributed by atoms with Crippen molar-refractivity contribution in [1.82, 2.24) is 0 Å². The lowest BCUT2D eigenvalue weighted by Crippen LogP contribution is -2.27. The van der Waals surface area contributed by atoms with E-state index in [2.05, 4.69) is 5.32 Å². The number of amides is 2. The minimum Gasteiger partial charge on any atom is -0.493 e. The molecule has 0 bridgehead atoms. The van der Waals surface area contributed by atoms with Crippen LogP contribution in [0.25, 0.3) is 6.08 Å². The van der Waals surface area contributed by atoms with E-state index in [0.29, 0.717) is 36.5 Å². The smallest absolute Gasteiger partial charge is 0.270 e. The highest BCUT2D eigenvalue weighted by Gasteiger charge is 2.33. The van der Waals surface area contributed by atoms with Gasteiger partial charge in [0.2, 0.25) is 0 Å². The van der Waals surface area contributed by atoms with E-state index >= 15 is 0 Å². The Labute approximate surface area is 221 Å². The van der Waals surface area contributed by atoms with E-state index in [1.54, 1.807) is 42.5 Å². The predicted molar refractivity (Wildman–Crippen MR) is 146 cm³/mol. The van der Waals surface area contributed by atoms with Gasteiger partial charge in [0.05, 0.1) is 27.7 Å². The summed E-state index contributed by atoms with van der Waals surface area (Å²) in [5.74, 6) is 0.231. The number of anilines is 2. The first-order chi connectivity index (χ1) is 16.9. The summed E-state index contributed by atoms with van der Waals surface area (Å²) in [6.07, 6.45) is 1.74. The monoisotopic (exact) mass is 544 g/mol. The first-order valence-corrected chi connectivity index (χ1v) is 12.2. The van der Waals surface area contributed by atoms with Crippen molar-refractivity contribution in [2.24, 2.45) is 0 Å². The molecular formula is C25H18Cl2N2O4S2. The molecule has 10 heteroatoms. The van der Waals surface area contributed by atoms with Crippen molar-refractivity contribution in [1.29, 1.82) is 0 Å². The van der Waals surface area contributed by atoms with Crippen LogP contribution in [-0.4, -0.2) is 29.9 Å². The van der Waals surface area contributed by atoms with E-state index in [4.69, 9.17) is 44.9 Å². The highest BCUT2D eigenvalue weighted by molar-refractivity contribution is 8.27.